The Morgan fingerprint density at radius 3 is 2.48 bits per heavy atom. The van der Waals surface area contributed by atoms with Crippen LogP contribution in [0.3, 0.4) is 0 Å². The Morgan fingerprint density at radius 1 is 1.17 bits per heavy atom. The van der Waals surface area contributed by atoms with Gasteiger partial charge in [-0.15, -0.1) is 25.6 Å². The van der Waals surface area contributed by atoms with Gasteiger partial charge in [-0.1, -0.05) is 6.07 Å². The van der Waals surface area contributed by atoms with Gasteiger partial charge in [0.1, 0.15) is 5.75 Å². The highest BCUT2D eigenvalue weighted by molar-refractivity contribution is 7.89. The summed E-state index contributed by atoms with van der Waals surface area (Å²) in [5.41, 5.74) is 0. The molecular formula is C12H18ClF3N2O4S. The number of benzene rings is 1. The van der Waals surface area contributed by atoms with Gasteiger partial charge >= 0.3 is 6.36 Å². The number of alkyl halides is 3. The van der Waals surface area contributed by atoms with E-state index in [-0.39, 0.29) is 23.8 Å². The second kappa shape index (κ2) is 9.93. The number of ether oxygens (including phenoxy) is 2. The van der Waals surface area contributed by atoms with Crippen molar-refractivity contribution < 1.29 is 31.1 Å². The Labute approximate surface area is 138 Å². The van der Waals surface area contributed by atoms with Crippen LogP contribution in [0.25, 0.3) is 0 Å². The van der Waals surface area contributed by atoms with Gasteiger partial charge in [-0.2, -0.15) is 0 Å². The largest absolute Gasteiger partial charge is 0.573 e. The van der Waals surface area contributed by atoms with E-state index in [1.807, 2.05) is 0 Å². The predicted molar refractivity (Wildman–Crippen MR) is 80.3 cm³/mol. The number of halogens is 4. The molecule has 6 nitrogen and oxygen atoms in total. The minimum absolute atomic E-state index is 0. The molecule has 0 spiro atoms. The lowest BCUT2D eigenvalue weighted by molar-refractivity contribution is -0.274. The molecule has 0 heterocycles. The van der Waals surface area contributed by atoms with Gasteiger partial charge in [0.15, 0.2) is 0 Å². The maximum Gasteiger partial charge on any atom is 0.573 e. The molecule has 2 N–H and O–H groups in total. The normalized spacial score (nSPS) is 11.8. The summed E-state index contributed by atoms with van der Waals surface area (Å²) in [4.78, 5) is -0.300. The Kier molecular flexibility index (Phi) is 9.47. The van der Waals surface area contributed by atoms with E-state index in [1.54, 1.807) is 7.11 Å². The van der Waals surface area contributed by atoms with Crippen molar-refractivity contribution >= 4 is 22.4 Å². The molecule has 0 radical (unpaired) electrons. The topological polar surface area (TPSA) is 76.7 Å². The van der Waals surface area contributed by atoms with Crippen LogP contribution >= 0.6 is 12.4 Å². The molecule has 23 heavy (non-hydrogen) atoms. The molecule has 0 fully saturated rings. The lowest BCUT2D eigenvalue weighted by Gasteiger charge is -2.11. The number of sulfonamides is 1. The van der Waals surface area contributed by atoms with E-state index in [0.29, 0.717) is 19.7 Å². The van der Waals surface area contributed by atoms with Crippen LogP contribution in [0.2, 0.25) is 0 Å². The minimum atomic E-state index is -4.87. The Hall–Kier alpha value is -1.07. The fourth-order valence-electron chi connectivity index (χ4n) is 1.49. The van der Waals surface area contributed by atoms with Crippen LogP contribution < -0.4 is 14.8 Å². The van der Waals surface area contributed by atoms with Crippen molar-refractivity contribution in [3.63, 3.8) is 0 Å². The van der Waals surface area contributed by atoms with Crippen LogP contribution in [0.5, 0.6) is 5.75 Å². The zero-order valence-corrected chi connectivity index (χ0v) is 13.9. The smallest absolute Gasteiger partial charge is 0.406 e. The number of methoxy groups -OCH3 is 1. The zero-order valence-electron chi connectivity index (χ0n) is 12.2. The lowest BCUT2D eigenvalue weighted by atomic mass is 10.3. The molecule has 1 aromatic rings. The number of nitrogens with one attached hydrogen (secondary N) is 2. The van der Waals surface area contributed by atoms with Crippen molar-refractivity contribution in [2.75, 3.05) is 33.4 Å². The van der Waals surface area contributed by atoms with Crippen molar-refractivity contribution in [3.05, 3.63) is 24.3 Å². The summed E-state index contributed by atoms with van der Waals surface area (Å²) >= 11 is 0. The first-order valence-corrected chi connectivity index (χ1v) is 7.78. The first-order valence-electron chi connectivity index (χ1n) is 6.30. The Morgan fingerprint density at radius 2 is 1.87 bits per heavy atom. The molecule has 1 rings (SSSR count). The fraction of sp³-hybridized carbons (Fsp3) is 0.500. The molecule has 0 unspecified atom stereocenters. The molecule has 134 valence electrons. The number of rotatable bonds is 9. The van der Waals surface area contributed by atoms with E-state index in [1.165, 1.54) is 12.1 Å². The highest BCUT2D eigenvalue weighted by atomic mass is 35.5. The third-order valence-electron chi connectivity index (χ3n) is 2.43. The lowest BCUT2D eigenvalue weighted by Crippen LogP contribution is -2.33. The average molecular weight is 379 g/mol. The summed E-state index contributed by atoms with van der Waals surface area (Å²) in [6.45, 7) is 1.51. The van der Waals surface area contributed by atoms with E-state index in [4.69, 9.17) is 4.74 Å². The van der Waals surface area contributed by atoms with Crippen molar-refractivity contribution in [2.45, 2.75) is 11.3 Å². The molecule has 0 aliphatic carbocycles. The molecule has 0 aliphatic rings. The van der Waals surface area contributed by atoms with Gasteiger partial charge < -0.3 is 14.8 Å². The predicted octanol–water partition coefficient (Wildman–Crippen LogP) is 1.52. The van der Waals surface area contributed by atoms with E-state index >= 15 is 0 Å². The van der Waals surface area contributed by atoms with Gasteiger partial charge in [0.2, 0.25) is 10.0 Å². The summed E-state index contributed by atoms with van der Waals surface area (Å²) in [6.07, 6.45) is -4.87. The van der Waals surface area contributed by atoms with Crippen molar-refractivity contribution in [1.82, 2.24) is 10.0 Å². The summed E-state index contributed by atoms with van der Waals surface area (Å²) in [6, 6.07) is 4.20. The molecule has 0 saturated carbocycles. The summed E-state index contributed by atoms with van der Waals surface area (Å²) in [7, 11) is -2.36. The Bertz CT molecular complexity index is 570. The van der Waals surface area contributed by atoms with Gasteiger partial charge in [0, 0.05) is 32.8 Å². The van der Waals surface area contributed by atoms with E-state index in [2.05, 4.69) is 14.8 Å². The van der Waals surface area contributed by atoms with E-state index in [9.17, 15) is 21.6 Å². The summed E-state index contributed by atoms with van der Waals surface area (Å²) < 4.78 is 71.0. The second-order valence-electron chi connectivity index (χ2n) is 4.16. The first-order chi connectivity index (χ1) is 10.2. The monoisotopic (exact) mass is 378 g/mol. The maximum absolute atomic E-state index is 12.1. The van der Waals surface area contributed by atoms with Crippen molar-refractivity contribution in [2.24, 2.45) is 0 Å². The SMILES string of the molecule is COCCNCCNS(=O)(=O)c1cccc(OC(F)(F)F)c1.Cl. The average Bonchev–Trinajstić information content (AvgIpc) is 2.41. The van der Waals surface area contributed by atoms with Gasteiger partial charge in [-0.25, -0.2) is 13.1 Å². The van der Waals surface area contributed by atoms with E-state index in [0.717, 1.165) is 12.1 Å². The third kappa shape index (κ3) is 8.96. The summed E-state index contributed by atoms with van der Waals surface area (Å²) in [5.74, 6) is -0.589. The van der Waals surface area contributed by atoms with Crippen molar-refractivity contribution in [1.29, 1.82) is 0 Å². The minimum Gasteiger partial charge on any atom is -0.406 e. The Balaban J connectivity index is 0.00000484. The van der Waals surface area contributed by atoms with Crippen LogP contribution in [0, 0.1) is 0 Å². The first kappa shape index (κ1) is 21.9. The highest BCUT2D eigenvalue weighted by Gasteiger charge is 2.31. The van der Waals surface area contributed by atoms with Gasteiger partial charge in [0.25, 0.3) is 0 Å². The maximum atomic E-state index is 12.1. The van der Waals surface area contributed by atoms with Crippen LogP contribution in [0.4, 0.5) is 13.2 Å². The van der Waals surface area contributed by atoms with E-state index < -0.39 is 22.1 Å². The third-order valence-corrected chi connectivity index (χ3v) is 3.88. The molecule has 0 aromatic heterocycles. The molecule has 0 aliphatic heterocycles. The zero-order chi connectivity index (χ0) is 16.6. The van der Waals surface area contributed by atoms with Crippen LogP contribution in [0.15, 0.2) is 29.2 Å². The molecular weight excluding hydrogens is 361 g/mol. The number of hydrogen-bond acceptors (Lipinski definition) is 5. The molecule has 1 aromatic carbocycles. The van der Waals surface area contributed by atoms with Gasteiger partial charge in [-0.05, 0) is 12.1 Å². The molecule has 11 heteroatoms. The highest BCUT2D eigenvalue weighted by Crippen LogP contribution is 2.24. The van der Waals surface area contributed by atoms with Crippen molar-refractivity contribution in [3.8, 4) is 5.75 Å². The van der Waals surface area contributed by atoms with Gasteiger partial charge in [0.05, 0.1) is 11.5 Å². The standard InChI is InChI=1S/C12H17F3N2O4S.ClH/c1-20-8-7-16-5-6-17-22(18,19)11-4-2-3-10(9-11)21-12(13,14)15;/h2-4,9,16-17H,5-8H2,1H3;1H. The van der Waals surface area contributed by atoms with Crippen LogP contribution in [-0.2, 0) is 14.8 Å². The molecule has 0 saturated heterocycles. The summed E-state index contributed by atoms with van der Waals surface area (Å²) in [5, 5.41) is 2.93. The fourth-order valence-corrected chi connectivity index (χ4v) is 2.56. The van der Waals surface area contributed by atoms with Gasteiger partial charge in [-0.3, -0.25) is 0 Å². The quantitative estimate of drug-likeness (QED) is 0.637. The second-order valence-corrected chi connectivity index (χ2v) is 5.93. The van der Waals surface area contributed by atoms with Crippen LogP contribution in [-0.4, -0.2) is 48.1 Å². The number of hydrogen-bond donors (Lipinski definition) is 2. The molecule has 0 bridgehead atoms. The van der Waals surface area contributed by atoms with Crippen LogP contribution in [0.1, 0.15) is 0 Å². The molecule has 0 atom stereocenters. The molecule has 0 amide bonds.